The molecule has 1 aromatic rings. The van der Waals surface area contributed by atoms with Crippen molar-refractivity contribution in [1.82, 2.24) is 0 Å². The van der Waals surface area contributed by atoms with Gasteiger partial charge in [0.25, 0.3) is 0 Å². The van der Waals surface area contributed by atoms with Crippen LogP contribution >= 0.6 is 11.6 Å². The van der Waals surface area contributed by atoms with Gasteiger partial charge in [-0.2, -0.15) is 30.3 Å². The molecule has 8 heavy (non-hydrogen) atoms. The van der Waals surface area contributed by atoms with Crippen LogP contribution in [0.1, 0.15) is 0 Å². The van der Waals surface area contributed by atoms with Crippen molar-refractivity contribution in [3.63, 3.8) is 0 Å². The Morgan fingerprint density at radius 1 is 1.25 bits per heavy atom. The minimum absolute atomic E-state index is 0. The van der Waals surface area contributed by atoms with Gasteiger partial charge in [-0.15, -0.1) is 11.6 Å². The molecule has 1 rings (SSSR count). The number of hydrogen-bond donors (Lipinski definition) is 0. The summed E-state index contributed by atoms with van der Waals surface area (Å²) >= 11 is 5.52. The third-order valence-electron chi connectivity index (χ3n) is 0.678. The SMILES string of the molecule is Clc1cc[c-]cc1.[Co]. The Morgan fingerprint density at radius 3 is 2.00 bits per heavy atom. The van der Waals surface area contributed by atoms with E-state index in [4.69, 9.17) is 11.6 Å². The van der Waals surface area contributed by atoms with Gasteiger partial charge in [-0.3, -0.25) is 0 Å². The maximum atomic E-state index is 5.52. The fourth-order valence-electron chi connectivity index (χ4n) is 0.367. The second-order valence-corrected chi connectivity index (χ2v) is 1.65. The van der Waals surface area contributed by atoms with Crippen LogP contribution in [0.5, 0.6) is 0 Å². The Bertz CT molecular complexity index is 138. The van der Waals surface area contributed by atoms with E-state index in [1.165, 1.54) is 0 Å². The van der Waals surface area contributed by atoms with Crippen LogP contribution in [0.25, 0.3) is 0 Å². The monoisotopic (exact) mass is 170 g/mol. The van der Waals surface area contributed by atoms with Crippen LogP contribution in [0.2, 0.25) is 5.02 Å². The molecule has 0 spiro atoms. The van der Waals surface area contributed by atoms with Gasteiger partial charge >= 0.3 is 0 Å². The van der Waals surface area contributed by atoms with Crippen molar-refractivity contribution in [1.29, 1.82) is 0 Å². The molecule has 1 aromatic carbocycles. The summed E-state index contributed by atoms with van der Waals surface area (Å²) in [5.74, 6) is 0. The van der Waals surface area contributed by atoms with E-state index >= 15 is 0 Å². The first-order valence-corrected chi connectivity index (χ1v) is 2.39. The number of benzene rings is 1. The van der Waals surface area contributed by atoms with Gasteiger partial charge in [0, 0.05) is 16.8 Å². The normalized spacial score (nSPS) is 7.62. The predicted octanol–water partition coefficient (Wildman–Crippen LogP) is 2.14. The second-order valence-electron chi connectivity index (χ2n) is 1.22. The van der Waals surface area contributed by atoms with Crippen molar-refractivity contribution in [2.24, 2.45) is 0 Å². The summed E-state index contributed by atoms with van der Waals surface area (Å²) in [6.45, 7) is 0. The molecule has 0 unspecified atom stereocenters. The van der Waals surface area contributed by atoms with Crippen molar-refractivity contribution in [3.8, 4) is 0 Å². The minimum Gasteiger partial charge on any atom is -0.184 e. The number of rotatable bonds is 0. The van der Waals surface area contributed by atoms with Gasteiger partial charge in [0.1, 0.15) is 0 Å². The Kier molecular flexibility index (Phi) is 3.96. The summed E-state index contributed by atoms with van der Waals surface area (Å²) in [4.78, 5) is 0. The minimum atomic E-state index is 0. The molecule has 1 radical (unpaired) electrons. The Balaban J connectivity index is 0.000000490. The number of halogens is 1. The summed E-state index contributed by atoms with van der Waals surface area (Å²) < 4.78 is 0. The van der Waals surface area contributed by atoms with Crippen LogP contribution in [0, 0.1) is 6.07 Å². The molecule has 0 amide bonds. The van der Waals surface area contributed by atoms with Crippen molar-refractivity contribution < 1.29 is 16.8 Å². The summed E-state index contributed by atoms with van der Waals surface area (Å²) in [6, 6.07) is 10.00. The molecule has 0 atom stereocenters. The van der Waals surface area contributed by atoms with Crippen molar-refractivity contribution >= 4 is 11.6 Å². The van der Waals surface area contributed by atoms with Gasteiger partial charge in [-0.05, 0) is 0 Å². The van der Waals surface area contributed by atoms with Crippen LogP contribution in [-0.2, 0) is 16.8 Å². The molecule has 0 N–H and O–H groups in total. The van der Waals surface area contributed by atoms with E-state index in [0.29, 0.717) is 0 Å². The molecule has 0 aliphatic carbocycles. The molecule has 2 heteroatoms. The fraction of sp³-hybridized carbons (Fsp3) is 0. The average molecular weight is 170 g/mol. The maximum Gasteiger partial charge on any atom is 0 e. The van der Waals surface area contributed by atoms with Gasteiger partial charge in [-0.1, -0.05) is 5.02 Å². The first-order valence-electron chi connectivity index (χ1n) is 2.01. The van der Waals surface area contributed by atoms with Crippen LogP contribution in [0.15, 0.2) is 24.3 Å². The second kappa shape index (κ2) is 3.95. The molecule has 0 fully saturated rings. The molecular weight excluding hydrogens is 166 g/mol. The molecule has 0 saturated heterocycles. The smallest absolute Gasteiger partial charge is 0 e. The van der Waals surface area contributed by atoms with E-state index < -0.39 is 0 Å². The molecule has 0 aliphatic heterocycles. The van der Waals surface area contributed by atoms with Crippen LogP contribution in [-0.4, -0.2) is 0 Å². The van der Waals surface area contributed by atoms with E-state index in [-0.39, 0.29) is 16.8 Å². The third kappa shape index (κ3) is 2.36. The Labute approximate surface area is 64.1 Å². The molecule has 0 aromatic heterocycles. The zero-order chi connectivity index (χ0) is 5.11. The fourth-order valence-corrected chi connectivity index (χ4v) is 0.493. The summed E-state index contributed by atoms with van der Waals surface area (Å²) in [6.07, 6.45) is 0. The molecule has 0 aliphatic rings. The molecule has 0 bridgehead atoms. The van der Waals surface area contributed by atoms with Crippen molar-refractivity contribution in [3.05, 3.63) is 35.4 Å². The van der Waals surface area contributed by atoms with Crippen molar-refractivity contribution in [2.45, 2.75) is 0 Å². The molecular formula is C6H4ClCo-. The van der Waals surface area contributed by atoms with Gasteiger partial charge in [0.15, 0.2) is 0 Å². The van der Waals surface area contributed by atoms with Crippen LogP contribution in [0.4, 0.5) is 0 Å². The van der Waals surface area contributed by atoms with E-state index in [2.05, 4.69) is 6.07 Å². The van der Waals surface area contributed by atoms with Gasteiger partial charge in [0.05, 0.1) is 0 Å². The Hall–Kier alpha value is 0.0165. The summed E-state index contributed by atoms with van der Waals surface area (Å²) in [5.41, 5.74) is 0. The van der Waals surface area contributed by atoms with E-state index in [0.717, 1.165) is 5.02 Å². The van der Waals surface area contributed by atoms with Gasteiger partial charge in [0.2, 0.25) is 0 Å². The zero-order valence-electron chi connectivity index (χ0n) is 4.02. The molecule has 0 nitrogen and oxygen atoms in total. The quantitative estimate of drug-likeness (QED) is 0.524. The van der Waals surface area contributed by atoms with E-state index in [9.17, 15) is 0 Å². The average Bonchev–Trinajstić information content (AvgIpc) is 1.69. The molecule has 45 valence electrons. The van der Waals surface area contributed by atoms with Crippen LogP contribution in [0.3, 0.4) is 0 Å². The van der Waals surface area contributed by atoms with Gasteiger partial charge in [-0.25, -0.2) is 0 Å². The van der Waals surface area contributed by atoms with Crippen LogP contribution < -0.4 is 0 Å². The maximum absolute atomic E-state index is 5.52. The zero-order valence-corrected chi connectivity index (χ0v) is 5.82. The van der Waals surface area contributed by atoms with E-state index in [1.807, 2.05) is 0 Å². The van der Waals surface area contributed by atoms with Gasteiger partial charge < -0.3 is 0 Å². The van der Waals surface area contributed by atoms with E-state index in [1.54, 1.807) is 24.3 Å². The first kappa shape index (κ1) is 8.02. The third-order valence-corrected chi connectivity index (χ3v) is 0.930. The largest absolute Gasteiger partial charge is 0.184 e. The summed E-state index contributed by atoms with van der Waals surface area (Å²) in [7, 11) is 0. The Morgan fingerprint density at radius 2 is 1.75 bits per heavy atom. The summed E-state index contributed by atoms with van der Waals surface area (Å²) in [5, 5.41) is 0.763. The molecule has 0 heterocycles. The predicted molar refractivity (Wildman–Crippen MR) is 30.3 cm³/mol. The first-order chi connectivity index (χ1) is 3.39. The molecule has 0 saturated carbocycles. The standard InChI is InChI=1S/C6H4Cl.Co/c7-6-4-2-1-3-5-6;/h2-5H;/q-1;. The topological polar surface area (TPSA) is 0 Å². The van der Waals surface area contributed by atoms with Crippen molar-refractivity contribution in [2.75, 3.05) is 0 Å². The number of hydrogen-bond acceptors (Lipinski definition) is 0.